The molecule has 1 fully saturated rings. The first-order valence-corrected chi connectivity index (χ1v) is 8.20. The molecule has 1 saturated heterocycles. The maximum absolute atomic E-state index is 12.7. The van der Waals surface area contributed by atoms with E-state index in [0.717, 1.165) is 44.6 Å². The van der Waals surface area contributed by atoms with E-state index in [0.29, 0.717) is 11.3 Å². The second-order valence-corrected chi connectivity index (χ2v) is 5.97. The van der Waals surface area contributed by atoms with Crippen LogP contribution in [0.3, 0.4) is 0 Å². The van der Waals surface area contributed by atoms with Crippen LogP contribution in [0.15, 0.2) is 48.5 Å². The number of anilines is 2. The van der Waals surface area contributed by atoms with Crippen molar-refractivity contribution in [2.45, 2.75) is 19.3 Å². The number of rotatable bonds is 5. The third-order valence-corrected chi connectivity index (χ3v) is 4.24. The molecule has 0 radical (unpaired) electrons. The van der Waals surface area contributed by atoms with E-state index < -0.39 is 0 Å². The summed E-state index contributed by atoms with van der Waals surface area (Å²) in [6, 6.07) is 15.9. The Morgan fingerprint density at radius 2 is 1.83 bits per heavy atom. The standard InChI is InChI=1S/C19H23N3O/c20-16-8-9-18(21-11-10-15-6-2-1-3-7-15)17(14-16)19(23)22-12-4-5-13-22/h1-3,6-9,14,21H,4-5,10-13,20H2. The van der Waals surface area contributed by atoms with Crippen molar-refractivity contribution >= 4 is 17.3 Å². The number of nitrogens with one attached hydrogen (secondary N) is 1. The Kier molecular flexibility index (Phi) is 4.81. The third-order valence-electron chi connectivity index (χ3n) is 4.24. The van der Waals surface area contributed by atoms with Crippen molar-refractivity contribution in [2.75, 3.05) is 30.7 Å². The number of nitrogens with zero attached hydrogens (tertiary/aromatic N) is 1. The second-order valence-electron chi connectivity index (χ2n) is 5.97. The molecule has 2 aromatic rings. The summed E-state index contributed by atoms with van der Waals surface area (Å²) in [5, 5.41) is 3.39. The summed E-state index contributed by atoms with van der Waals surface area (Å²) in [6.07, 6.45) is 3.10. The normalized spacial score (nSPS) is 14.0. The van der Waals surface area contributed by atoms with Crippen LogP contribution in [0.1, 0.15) is 28.8 Å². The Bertz CT molecular complexity index is 664. The topological polar surface area (TPSA) is 58.4 Å². The van der Waals surface area contributed by atoms with E-state index in [1.807, 2.05) is 35.2 Å². The van der Waals surface area contributed by atoms with E-state index in [1.165, 1.54) is 5.56 Å². The first-order valence-electron chi connectivity index (χ1n) is 8.20. The lowest BCUT2D eigenvalue weighted by molar-refractivity contribution is 0.0794. The molecule has 23 heavy (non-hydrogen) atoms. The van der Waals surface area contributed by atoms with Crippen molar-refractivity contribution < 1.29 is 4.79 Å². The van der Waals surface area contributed by atoms with Crippen LogP contribution in [0.2, 0.25) is 0 Å². The summed E-state index contributed by atoms with van der Waals surface area (Å²) in [4.78, 5) is 14.6. The van der Waals surface area contributed by atoms with Gasteiger partial charge in [0, 0.05) is 31.0 Å². The molecule has 1 aliphatic rings. The summed E-state index contributed by atoms with van der Waals surface area (Å²) in [6.45, 7) is 2.47. The van der Waals surface area contributed by atoms with Crippen LogP contribution in [0.5, 0.6) is 0 Å². The molecule has 0 unspecified atom stereocenters. The average molecular weight is 309 g/mol. The first-order chi connectivity index (χ1) is 11.2. The molecule has 2 aromatic carbocycles. The van der Waals surface area contributed by atoms with E-state index in [-0.39, 0.29) is 5.91 Å². The average Bonchev–Trinajstić information content (AvgIpc) is 3.11. The van der Waals surface area contributed by atoms with Gasteiger partial charge in [0.1, 0.15) is 0 Å². The largest absolute Gasteiger partial charge is 0.399 e. The van der Waals surface area contributed by atoms with Gasteiger partial charge in [-0.05, 0) is 43.0 Å². The van der Waals surface area contributed by atoms with E-state index in [2.05, 4.69) is 17.4 Å². The van der Waals surface area contributed by atoms with Gasteiger partial charge in [0.2, 0.25) is 0 Å². The molecule has 0 aliphatic carbocycles. The van der Waals surface area contributed by atoms with Gasteiger partial charge in [-0.15, -0.1) is 0 Å². The van der Waals surface area contributed by atoms with Gasteiger partial charge < -0.3 is 16.0 Å². The molecule has 3 N–H and O–H groups in total. The van der Waals surface area contributed by atoms with Gasteiger partial charge in [0.25, 0.3) is 5.91 Å². The molecule has 0 aromatic heterocycles. The minimum absolute atomic E-state index is 0.0806. The molecule has 1 aliphatic heterocycles. The number of carbonyl (C=O) groups excluding carboxylic acids is 1. The molecule has 0 saturated carbocycles. The fourth-order valence-electron chi connectivity index (χ4n) is 2.97. The van der Waals surface area contributed by atoms with Crippen LogP contribution in [-0.2, 0) is 6.42 Å². The fourth-order valence-corrected chi connectivity index (χ4v) is 2.97. The lowest BCUT2D eigenvalue weighted by Gasteiger charge is -2.19. The number of carbonyl (C=O) groups is 1. The zero-order valence-electron chi connectivity index (χ0n) is 13.3. The zero-order chi connectivity index (χ0) is 16.1. The van der Waals surface area contributed by atoms with Crippen molar-refractivity contribution in [3.63, 3.8) is 0 Å². The summed E-state index contributed by atoms with van der Waals surface area (Å²) >= 11 is 0. The van der Waals surface area contributed by atoms with Crippen LogP contribution in [-0.4, -0.2) is 30.4 Å². The molecule has 1 amide bonds. The predicted octanol–water partition coefficient (Wildman–Crippen LogP) is 3.16. The minimum Gasteiger partial charge on any atom is -0.399 e. The summed E-state index contributed by atoms with van der Waals surface area (Å²) in [5.41, 5.74) is 9.34. The van der Waals surface area contributed by atoms with Gasteiger partial charge in [-0.3, -0.25) is 4.79 Å². The molecular weight excluding hydrogens is 286 g/mol. The van der Waals surface area contributed by atoms with Crippen LogP contribution >= 0.6 is 0 Å². The van der Waals surface area contributed by atoms with Crippen molar-refractivity contribution in [1.29, 1.82) is 0 Å². The minimum atomic E-state index is 0.0806. The van der Waals surface area contributed by atoms with E-state index in [9.17, 15) is 4.79 Å². The van der Waals surface area contributed by atoms with E-state index in [1.54, 1.807) is 6.07 Å². The number of hydrogen-bond acceptors (Lipinski definition) is 3. The van der Waals surface area contributed by atoms with E-state index >= 15 is 0 Å². The van der Waals surface area contributed by atoms with Crippen LogP contribution in [0, 0.1) is 0 Å². The summed E-state index contributed by atoms with van der Waals surface area (Å²) in [7, 11) is 0. The Morgan fingerprint density at radius 3 is 2.57 bits per heavy atom. The number of hydrogen-bond donors (Lipinski definition) is 2. The van der Waals surface area contributed by atoms with Gasteiger partial charge >= 0.3 is 0 Å². The number of likely N-dealkylation sites (tertiary alicyclic amines) is 1. The van der Waals surface area contributed by atoms with Gasteiger partial charge in [-0.2, -0.15) is 0 Å². The maximum atomic E-state index is 12.7. The number of nitrogens with two attached hydrogens (primary N) is 1. The molecule has 4 heteroatoms. The van der Waals surface area contributed by atoms with Crippen LogP contribution in [0.25, 0.3) is 0 Å². The zero-order valence-corrected chi connectivity index (χ0v) is 13.3. The van der Waals surface area contributed by atoms with Crippen molar-refractivity contribution in [1.82, 2.24) is 4.90 Å². The summed E-state index contributed by atoms with van der Waals surface area (Å²) < 4.78 is 0. The van der Waals surface area contributed by atoms with E-state index in [4.69, 9.17) is 5.73 Å². The molecule has 120 valence electrons. The molecule has 3 rings (SSSR count). The van der Waals surface area contributed by atoms with Crippen molar-refractivity contribution in [3.05, 3.63) is 59.7 Å². The Labute approximate surface area is 137 Å². The lowest BCUT2D eigenvalue weighted by Crippen LogP contribution is -2.28. The molecule has 1 heterocycles. The molecular formula is C19H23N3O. The maximum Gasteiger partial charge on any atom is 0.256 e. The first kappa shape index (κ1) is 15.4. The second kappa shape index (κ2) is 7.18. The third kappa shape index (κ3) is 3.83. The highest BCUT2D eigenvalue weighted by atomic mass is 16.2. The van der Waals surface area contributed by atoms with Crippen LogP contribution < -0.4 is 11.1 Å². The SMILES string of the molecule is Nc1ccc(NCCc2ccccc2)c(C(=O)N2CCCC2)c1. The Balaban J connectivity index is 1.69. The number of benzene rings is 2. The van der Waals surface area contributed by atoms with Crippen molar-refractivity contribution in [2.24, 2.45) is 0 Å². The van der Waals surface area contributed by atoms with Gasteiger partial charge in [-0.1, -0.05) is 30.3 Å². The highest BCUT2D eigenvalue weighted by Gasteiger charge is 2.22. The van der Waals surface area contributed by atoms with Gasteiger partial charge in [0.15, 0.2) is 0 Å². The smallest absolute Gasteiger partial charge is 0.256 e. The Morgan fingerprint density at radius 1 is 1.09 bits per heavy atom. The molecule has 0 bridgehead atoms. The highest BCUT2D eigenvalue weighted by molar-refractivity contribution is 6.00. The number of amides is 1. The molecule has 4 nitrogen and oxygen atoms in total. The van der Waals surface area contributed by atoms with Gasteiger partial charge in [0.05, 0.1) is 5.56 Å². The van der Waals surface area contributed by atoms with Gasteiger partial charge in [-0.25, -0.2) is 0 Å². The number of nitrogen functional groups attached to an aromatic ring is 1. The van der Waals surface area contributed by atoms with Crippen molar-refractivity contribution in [3.8, 4) is 0 Å². The predicted molar refractivity (Wildman–Crippen MR) is 94.6 cm³/mol. The fraction of sp³-hybridized carbons (Fsp3) is 0.316. The Hall–Kier alpha value is -2.49. The summed E-state index contributed by atoms with van der Waals surface area (Å²) in [5.74, 6) is 0.0806. The highest BCUT2D eigenvalue weighted by Crippen LogP contribution is 2.23. The van der Waals surface area contributed by atoms with Crippen LogP contribution in [0.4, 0.5) is 11.4 Å². The molecule has 0 atom stereocenters. The lowest BCUT2D eigenvalue weighted by atomic mass is 10.1. The monoisotopic (exact) mass is 309 g/mol. The quantitative estimate of drug-likeness (QED) is 0.834. The molecule has 0 spiro atoms.